The molecule has 0 bridgehead atoms. The number of amides is 1. The highest BCUT2D eigenvalue weighted by molar-refractivity contribution is 6.08. The zero-order valence-electron chi connectivity index (χ0n) is 11.5. The molecule has 0 aliphatic carbocycles. The molecule has 0 saturated heterocycles. The zero-order chi connectivity index (χ0) is 15.6. The maximum atomic E-state index is 13.2. The maximum absolute atomic E-state index is 13.2. The van der Waals surface area contributed by atoms with Gasteiger partial charge in [-0.1, -0.05) is 6.07 Å². The third-order valence-electron chi connectivity index (χ3n) is 2.94. The van der Waals surface area contributed by atoms with Gasteiger partial charge in [-0.05, 0) is 30.7 Å². The Morgan fingerprint density at radius 3 is 2.52 bits per heavy atom. The Bertz CT molecular complexity index is 702. The fraction of sp³-hybridized carbons (Fsp3) is 0.133. The number of hydrogen-bond donors (Lipinski definition) is 2. The molecular formula is C15H14F2N2O2. The Morgan fingerprint density at radius 1 is 1.19 bits per heavy atom. The maximum Gasteiger partial charge on any atom is 0.257 e. The molecule has 0 aromatic heterocycles. The van der Waals surface area contributed by atoms with Crippen molar-refractivity contribution in [2.75, 3.05) is 18.2 Å². The minimum absolute atomic E-state index is 0.141. The minimum atomic E-state index is -1.13. The average Bonchev–Trinajstić information content (AvgIpc) is 2.44. The Hall–Kier alpha value is -2.63. The number of hydrogen-bond acceptors (Lipinski definition) is 3. The summed E-state index contributed by atoms with van der Waals surface area (Å²) in [5.74, 6) is -2.42. The van der Waals surface area contributed by atoms with Gasteiger partial charge in [0, 0.05) is 11.8 Å². The van der Waals surface area contributed by atoms with Gasteiger partial charge >= 0.3 is 0 Å². The third-order valence-corrected chi connectivity index (χ3v) is 2.94. The molecule has 1 amide bonds. The van der Waals surface area contributed by atoms with Crippen LogP contribution in [0.25, 0.3) is 0 Å². The van der Waals surface area contributed by atoms with Crippen molar-refractivity contribution in [2.45, 2.75) is 6.92 Å². The molecule has 21 heavy (non-hydrogen) atoms. The first-order valence-corrected chi connectivity index (χ1v) is 6.13. The molecule has 3 N–H and O–H groups in total. The van der Waals surface area contributed by atoms with E-state index in [1.54, 1.807) is 18.2 Å². The fourth-order valence-corrected chi connectivity index (χ4v) is 1.85. The molecule has 0 spiro atoms. The molecule has 2 aromatic rings. The van der Waals surface area contributed by atoms with E-state index in [4.69, 9.17) is 10.5 Å². The Labute approximate surface area is 120 Å². The standard InChI is InChI=1S/C15H14F2N2O2/c1-8-3-4-13(14(5-8)21-2)19-15(20)9-6-10(16)11(17)7-12(9)18/h3-7H,18H2,1-2H3,(H,19,20). The number of aryl methyl sites for hydroxylation is 1. The molecule has 0 fully saturated rings. The molecule has 2 aromatic carbocycles. The lowest BCUT2D eigenvalue weighted by atomic mass is 10.1. The highest BCUT2D eigenvalue weighted by atomic mass is 19.2. The van der Waals surface area contributed by atoms with Gasteiger partial charge in [-0.2, -0.15) is 0 Å². The van der Waals surface area contributed by atoms with Crippen molar-refractivity contribution in [3.63, 3.8) is 0 Å². The number of ether oxygens (including phenoxy) is 1. The molecule has 0 heterocycles. The van der Waals surface area contributed by atoms with Crippen LogP contribution in [0.4, 0.5) is 20.2 Å². The van der Waals surface area contributed by atoms with E-state index in [0.29, 0.717) is 11.4 Å². The number of halogens is 2. The normalized spacial score (nSPS) is 10.3. The average molecular weight is 292 g/mol. The first-order chi connectivity index (χ1) is 9.92. The number of carbonyl (C=O) groups is 1. The van der Waals surface area contributed by atoms with Crippen LogP contribution < -0.4 is 15.8 Å². The molecule has 0 radical (unpaired) electrons. The second kappa shape index (κ2) is 5.78. The zero-order valence-corrected chi connectivity index (χ0v) is 11.5. The van der Waals surface area contributed by atoms with Crippen molar-refractivity contribution in [2.24, 2.45) is 0 Å². The van der Waals surface area contributed by atoms with E-state index in [1.807, 2.05) is 6.92 Å². The largest absolute Gasteiger partial charge is 0.495 e. The molecule has 110 valence electrons. The summed E-state index contributed by atoms with van der Waals surface area (Å²) < 4.78 is 31.4. The minimum Gasteiger partial charge on any atom is -0.495 e. The van der Waals surface area contributed by atoms with Gasteiger partial charge in [-0.3, -0.25) is 4.79 Å². The number of methoxy groups -OCH3 is 1. The number of nitrogen functional groups attached to an aromatic ring is 1. The van der Waals surface area contributed by atoms with E-state index >= 15 is 0 Å². The van der Waals surface area contributed by atoms with Crippen LogP contribution in [0.1, 0.15) is 15.9 Å². The lowest BCUT2D eigenvalue weighted by Crippen LogP contribution is -2.15. The van der Waals surface area contributed by atoms with E-state index in [9.17, 15) is 13.6 Å². The van der Waals surface area contributed by atoms with Crippen LogP contribution >= 0.6 is 0 Å². The third kappa shape index (κ3) is 3.10. The van der Waals surface area contributed by atoms with E-state index in [1.165, 1.54) is 7.11 Å². The SMILES string of the molecule is COc1cc(C)ccc1NC(=O)c1cc(F)c(F)cc1N. The summed E-state index contributed by atoms with van der Waals surface area (Å²) in [4.78, 5) is 12.1. The van der Waals surface area contributed by atoms with E-state index in [-0.39, 0.29) is 11.3 Å². The van der Waals surface area contributed by atoms with Gasteiger partial charge in [-0.15, -0.1) is 0 Å². The number of nitrogens with one attached hydrogen (secondary N) is 1. The summed E-state index contributed by atoms with van der Waals surface area (Å²) in [6.45, 7) is 1.88. The van der Waals surface area contributed by atoms with Gasteiger partial charge in [0.05, 0.1) is 18.4 Å². The molecule has 2 rings (SSSR count). The lowest BCUT2D eigenvalue weighted by Gasteiger charge is -2.12. The number of rotatable bonds is 3. The first kappa shape index (κ1) is 14.8. The Morgan fingerprint density at radius 2 is 1.86 bits per heavy atom. The van der Waals surface area contributed by atoms with Crippen molar-refractivity contribution in [1.29, 1.82) is 0 Å². The Kier molecular flexibility index (Phi) is 4.07. The molecule has 4 nitrogen and oxygen atoms in total. The first-order valence-electron chi connectivity index (χ1n) is 6.13. The highest BCUT2D eigenvalue weighted by Crippen LogP contribution is 2.26. The topological polar surface area (TPSA) is 64.3 Å². The van der Waals surface area contributed by atoms with Crippen LogP contribution in [0.2, 0.25) is 0 Å². The van der Waals surface area contributed by atoms with Crippen molar-refractivity contribution < 1.29 is 18.3 Å². The van der Waals surface area contributed by atoms with Gasteiger partial charge in [-0.25, -0.2) is 8.78 Å². The summed E-state index contributed by atoms with van der Waals surface area (Å²) in [5, 5.41) is 2.56. The smallest absolute Gasteiger partial charge is 0.257 e. The van der Waals surface area contributed by atoms with E-state index in [0.717, 1.165) is 17.7 Å². The number of carbonyl (C=O) groups excluding carboxylic acids is 1. The highest BCUT2D eigenvalue weighted by Gasteiger charge is 2.16. The number of nitrogens with two attached hydrogens (primary N) is 1. The van der Waals surface area contributed by atoms with Gasteiger partial charge in [0.1, 0.15) is 5.75 Å². The summed E-state index contributed by atoms with van der Waals surface area (Å²) in [6.07, 6.45) is 0. The Balaban J connectivity index is 2.32. The van der Waals surface area contributed by atoms with Crippen molar-refractivity contribution in [1.82, 2.24) is 0 Å². The van der Waals surface area contributed by atoms with Crippen LogP contribution in [-0.2, 0) is 0 Å². The van der Waals surface area contributed by atoms with Crippen LogP contribution in [0.15, 0.2) is 30.3 Å². The van der Waals surface area contributed by atoms with Crippen LogP contribution in [0.5, 0.6) is 5.75 Å². The van der Waals surface area contributed by atoms with Crippen molar-refractivity contribution in [3.8, 4) is 5.75 Å². The summed E-state index contributed by atoms with van der Waals surface area (Å²) in [7, 11) is 1.47. The van der Waals surface area contributed by atoms with Crippen LogP contribution in [0.3, 0.4) is 0 Å². The van der Waals surface area contributed by atoms with Crippen LogP contribution in [-0.4, -0.2) is 13.0 Å². The van der Waals surface area contributed by atoms with Gasteiger partial charge in [0.25, 0.3) is 5.91 Å². The molecule has 0 saturated carbocycles. The fourth-order valence-electron chi connectivity index (χ4n) is 1.85. The van der Waals surface area contributed by atoms with Gasteiger partial charge in [0.15, 0.2) is 11.6 Å². The molecule has 0 unspecified atom stereocenters. The molecular weight excluding hydrogens is 278 g/mol. The van der Waals surface area contributed by atoms with E-state index < -0.39 is 17.5 Å². The second-order valence-corrected chi connectivity index (χ2v) is 4.51. The van der Waals surface area contributed by atoms with Crippen molar-refractivity contribution >= 4 is 17.3 Å². The summed E-state index contributed by atoms with van der Waals surface area (Å²) >= 11 is 0. The summed E-state index contributed by atoms with van der Waals surface area (Å²) in [5.41, 5.74) is 6.63. The quantitative estimate of drug-likeness (QED) is 0.854. The summed E-state index contributed by atoms with van der Waals surface area (Å²) in [6, 6.07) is 6.72. The van der Waals surface area contributed by atoms with Crippen molar-refractivity contribution in [3.05, 3.63) is 53.1 Å². The lowest BCUT2D eigenvalue weighted by molar-refractivity contribution is 0.102. The van der Waals surface area contributed by atoms with E-state index in [2.05, 4.69) is 5.32 Å². The van der Waals surface area contributed by atoms with Gasteiger partial charge < -0.3 is 15.8 Å². The molecule has 6 heteroatoms. The molecule has 0 atom stereocenters. The second-order valence-electron chi connectivity index (χ2n) is 4.51. The predicted molar refractivity (Wildman–Crippen MR) is 76.5 cm³/mol. The van der Waals surface area contributed by atoms with Gasteiger partial charge in [0.2, 0.25) is 0 Å². The monoisotopic (exact) mass is 292 g/mol. The molecule has 0 aliphatic heterocycles. The number of anilines is 2. The predicted octanol–water partition coefficient (Wildman–Crippen LogP) is 3.12. The van der Waals surface area contributed by atoms with Crippen LogP contribution in [0, 0.1) is 18.6 Å². The molecule has 0 aliphatic rings. The number of benzene rings is 2.